The Kier molecular flexibility index (Phi) is 6.51. The van der Waals surface area contributed by atoms with Gasteiger partial charge in [-0.15, -0.1) is 0 Å². The SMILES string of the molecule is CCOC1=CC(=[N+]=[N-])C(OCC)C=C1NC(=O)c1ccc(OC)cc1. The van der Waals surface area contributed by atoms with E-state index >= 15 is 0 Å². The monoisotopic (exact) mass is 343 g/mol. The lowest BCUT2D eigenvalue weighted by atomic mass is 10.0. The number of carbonyl (C=O) groups excluding carboxylic acids is 1. The number of nitrogens with one attached hydrogen (secondary N) is 1. The maximum absolute atomic E-state index is 12.5. The van der Waals surface area contributed by atoms with Crippen molar-refractivity contribution >= 4 is 11.6 Å². The molecule has 7 heteroatoms. The Morgan fingerprint density at radius 1 is 1.24 bits per heavy atom. The highest BCUT2D eigenvalue weighted by Gasteiger charge is 2.29. The van der Waals surface area contributed by atoms with Gasteiger partial charge in [-0.2, -0.15) is 4.79 Å². The second-order valence-corrected chi connectivity index (χ2v) is 5.11. The number of rotatable bonds is 7. The smallest absolute Gasteiger partial charge is 0.328 e. The van der Waals surface area contributed by atoms with Crippen LogP contribution in [0.1, 0.15) is 24.2 Å². The highest BCUT2D eigenvalue weighted by molar-refractivity contribution is 6.00. The minimum atomic E-state index is -0.564. The standard InChI is InChI=1S/C18H21N3O4/c1-4-24-16-11-15(21-19)17(25-5-2)10-14(16)20-18(22)12-6-8-13(23-3)9-7-12/h6-11,17H,4-5H2,1-3H3,(H,20,22). The zero-order valence-corrected chi connectivity index (χ0v) is 14.5. The molecule has 0 bridgehead atoms. The van der Waals surface area contributed by atoms with Crippen molar-refractivity contribution in [3.63, 3.8) is 0 Å². The highest BCUT2D eigenvalue weighted by Crippen LogP contribution is 2.19. The van der Waals surface area contributed by atoms with Gasteiger partial charge in [-0.25, -0.2) is 0 Å². The molecule has 1 aliphatic rings. The molecule has 132 valence electrons. The molecule has 0 saturated heterocycles. The van der Waals surface area contributed by atoms with Gasteiger partial charge in [0.25, 0.3) is 5.91 Å². The van der Waals surface area contributed by atoms with Crippen LogP contribution in [0.15, 0.2) is 47.9 Å². The predicted octanol–water partition coefficient (Wildman–Crippen LogP) is 2.32. The van der Waals surface area contributed by atoms with Crippen molar-refractivity contribution in [3.05, 3.63) is 59.0 Å². The molecule has 7 nitrogen and oxygen atoms in total. The van der Waals surface area contributed by atoms with Gasteiger partial charge in [0.2, 0.25) is 0 Å². The highest BCUT2D eigenvalue weighted by atomic mass is 16.5. The van der Waals surface area contributed by atoms with E-state index in [1.807, 2.05) is 13.8 Å². The van der Waals surface area contributed by atoms with Gasteiger partial charge in [-0.05, 0) is 44.2 Å². The lowest BCUT2D eigenvalue weighted by Crippen LogP contribution is -2.32. The van der Waals surface area contributed by atoms with Crippen LogP contribution in [-0.2, 0) is 9.47 Å². The maximum atomic E-state index is 12.5. The minimum absolute atomic E-state index is 0.292. The van der Waals surface area contributed by atoms with Crippen molar-refractivity contribution < 1.29 is 23.8 Å². The molecule has 1 N–H and O–H groups in total. The molecule has 0 aliphatic heterocycles. The van der Waals surface area contributed by atoms with E-state index in [2.05, 4.69) is 10.1 Å². The number of hydrogen-bond donors (Lipinski definition) is 1. The minimum Gasteiger partial charge on any atom is -0.497 e. The van der Waals surface area contributed by atoms with E-state index in [1.165, 1.54) is 0 Å². The van der Waals surface area contributed by atoms with Gasteiger partial charge < -0.3 is 25.1 Å². The zero-order chi connectivity index (χ0) is 18.2. The van der Waals surface area contributed by atoms with Gasteiger partial charge in [0.15, 0.2) is 6.10 Å². The van der Waals surface area contributed by atoms with Crippen molar-refractivity contribution in [2.45, 2.75) is 20.0 Å². The summed E-state index contributed by atoms with van der Waals surface area (Å²) in [4.78, 5) is 15.7. The number of hydrogen-bond acceptors (Lipinski definition) is 4. The molecule has 2 rings (SSSR count). The molecule has 25 heavy (non-hydrogen) atoms. The van der Waals surface area contributed by atoms with E-state index in [-0.39, 0.29) is 5.91 Å². The third-order valence-electron chi connectivity index (χ3n) is 3.52. The number of benzene rings is 1. The first-order valence-electron chi connectivity index (χ1n) is 7.98. The Balaban J connectivity index is 2.24. The lowest BCUT2D eigenvalue weighted by Gasteiger charge is -2.20. The number of ether oxygens (including phenoxy) is 3. The normalized spacial score (nSPS) is 16.4. The maximum Gasteiger partial charge on any atom is 0.328 e. The predicted molar refractivity (Wildman–Crippen MR) is 92.3 cm³/mol. The van der Waals surface area contributed by atoms with Crippen molar-refractivity contribution in [2.24, 2.45) is 0 Å². The number of amides is 1. The van der Waals surface area contributed by atoms with Crippen LogP contribution in [0.25, 0.3) is 5.53 Å². The molecule has 0 aromatic heterocycles. The van der Waals surface area contributed by atoms with Crippen LogP contribution < -0.4 is 10.1 Å². The fourth-order valence-electron chi connectivity index (χ4n) is 2.33. The summed E-state index contributed by atoms with van der Waals surface area (Å²) in [5.41, 5.74) is 10.4. The van der Waals surface area contributed by atoms with Gasteiger partial charge in [0.1, 0.15) is 11.5 Å². The summed E-state index contributed by atoms with van der Waals surface area (Å²) in [7, 11) is 1.56. The fourth-order valence-corrected chi connectivity index (χ4v) is 2.33. The first-order valence-corrected chi connectivity index (χ1v) is 7.98. The van der Waals surface area contributed by atoms with E-state index in [1.54, 1.807) is 43.5 Å². The molecule has 0 heterocycles. The summed E-state index contributed by atoms with van der Waals surface area (Å²) in [6.07, 6.45) is 2.64. The molecule has 1 atom stereocenters. The van der Waals surface area contributed by atoms with E-state index in [4.69, 9.17) is 19.7 Å². The van der Waals surface area contributed by atoms with Crippen molar-refractivity contribution in [2.75, 3.05) is 20.3 Å². The molecule has 0 saturated carbocycles. The summed E-state index contributed by atoms with van der Waals surface area (Å²) in [6, 6.07) is 6.76. The molecule has 1 aromatic carbocycles. The van der Waals surface area contributed by atoms with Gasteiger partial charge in [-0.1, -0.05) is 0 Å². The second kappa shape index (κ2) is 8.82. The number of carbonyl (C=O) groups is 1. The van der Waals surface area contributed by atoms with E-state index in [9.17, 15) is 4.79 Å². The average Bonchev–Trinajstić information content (AvgIpc) is 2.64. The van der Waals surface area contributed by atoms with Gasteiger partial charge in [0, 0.05) is 12.2 Å². The molecule has 0 radical (unpaired) electrons. The third kappa shape index (κ3) is 4.56. The first kappa shape index (κ1) is 18.4. The summed E-state index contributed by atoms with van der Waals surface area (Å²) in [6.45, 7) is 4.49. The van der Waals surface area contributed by atoms with Crippen LogP contribution in [0, 0.1) is 0 Å². The lowest BCUT2D eigenvalue weighted by molar-refractivity contribution is -0.0223. The average molecular weight is 343 g/mol. The Morgan fingerprint density at radius 3 is 2.52 bits per heavy atom. The van der Waals surface area contributed by atoms with Crippen molar-refractivity contribution in [3.8, 4) is 5.75 Å². The van der Waals surface area contributed by atoms with Crippen LogP contribution in [0.2, 0.25) is 0 Å². The first-order chi connectivity index (χ1) is 12.1. The molecule has 1 aliphatic carbocycles. The molecule has 0 fully saturated rings. The van der Waals surface area contributed by atoms with Gasteiger partial charge in [0.05, 0.1) is 25.5 Å². The summed E-state index contributed by atoms with van der Waals surface area (Å²) < 4.78 is 16.2. The molecular formula is C18H21N3O4. The topological polar surface area (TPSA) is 93.2 Å². The molecule has 1 aromatic rings. The number of nitrogens with zero attached hydrogens (tertiary/aromatic N) is 2. The van der Waals surface area contributed by atoms with Crippen LogP contribution in [0.3, 0.4) is 0 Å². The Labute approximate surface area is 146 Å². The molecular weight excluding hydrogens is 322 g/mol. The van der Waals surface area contributed by atoms with Crippen LogP contribution >= 0.6 is 0 Å². The Bertz CT molecular complexity index is 731. The zero-order valence-electron chi connectivity index (χ0n) is 14.5. The van der Waals surface area contributed by atoms with Crippen LogP contribution in [-0.4, -0.2) is 42.8 Å². The van der Waals surface area contributed by atoms with Crippen LogP contribution in [0.5, 0.6) is 5.75 Å². The Hall–Kier alpha value is -2.89. The van der Waals surface area contributed by atoms with Gasteiger partial charge >= 0.3 is 5.71 Å². The van der Waals surface area contributed by atoms with E-state index < -0.39 is 6.10 Å². The molecule has 0 spiro atoms. The number of methoxy groups -OCH3 is 1. The summed E-state index contributed by atoms with van der Waals surface area (Å²) in [5, 5.41) is 2.81. The largest absolute Gasteiger partial charge is 0.497 e. The van der Waals surface area contributed by atoms with Crippen LogP contribution in [0.4, 0.5) is 0 Å². The van der Waals surface area contributed by atoms with Crippen molar-refractivity contribution in [1.29, 1.82) is 0 Å². The fraction of sp³-hybridized carbons (Fsp3) is 0.333. The summed E-state index contributed by atoms with van der Waals surface area (Å²) in [5.74, 6) is 0.788. The quantitative estimate of drug-likeness (QED) is 0.607. The molecule has 1 unspecified atom stereocenters. The Morgan fingerprint density at radius 2 is 1.96 bits per heavy atom. The van der Waals surface area contributed by atoms with E-state index in [0.717, 1.165) is 0 Å². The second-order valence-electron chi connectivity index (χ2n) is 5.11. The van der Waals surface area contributed by atoms with Gasteiger partial charge in [-0.3, -0.25) is 4.79 Å². The summed E-state index contributed by atoms with van der Waals surface area (Å²) >= 11 is 0. The third-order valence-corrected chi connectivity index (χ3v) is 3.52. The van der Waals surface area contributed by atoms with E-state index in [0.29, 0.717) is 41.7 Å². The van der Waals surface area contributed by atoms with Crippen molar-refractivity contribution in [1.82, 2.24) is 5.32 Å². The molecule has 1 amide bonds.